The topological polar surface area (TPSA) is 66.5 Å². The van der Waals surface area contributed by atoms with Crippen LogP contribution in [0, 0.1) is 0 Å². The molecule has 2 rings (SSSR count). The predicted octanol–water partition coefficient (Wildman–Crippen LogP) is 2.88. The largest absolute Gasteiger partial charge is 0.343 e. The first-order valence-electron chi connectivity index (χ1n) is 9.37. The van der Waals surface area contributed by atoms with Gasteiger partial charge in [0.2, 0.25) is 15.9 Å². The average molecular weight is 367 g/mol. The monoisotopic (exact) mass is 366 g/mol. The molecule has 0 aliphatic heterocycles. The van der Waals surface area contributed by atoms with Crippen molar-refractivity contribution in [1.82, 2.24) is 9.62 Å². The van der Waals surface area contributed by atoms with Crippen molar-refractivity contribution in [2.45, 2.75) is 63.7 Å². The van der Waals surface area contributed by atoms with Crippen LogP contribution in [0.15, 0.2) is 23.1 Å². The number of unbranched alkanes of at least 4 members (excludes halogenated alkanes) is 1. The highest BCUT2D eigenvalue weighted by atomic mass is 32.2. The summed E-state index contributed by atoms with van der Waals surface area (Å²) in [5.74, 6) is 0.00379. The van der Waals surface area contributed by atoms with E-state index in [1.165, 1.54) is 12.0 Å². The summed E-state index contributed by atoms with van der Waals surface area (Å²) in [7, 11) is -3.56. The van der Waals surface area contributed by atoms with E-state index in [0.717, 1.165) is 44.2 Å². The molecule has 0 saturated heterocycles. The Balaban J connectivity index is 1.92. The number of benzene rings is 1. The average Bonchev–Trinajstić information content (AvgIpc) is 2.61. The summed E-state index contributed by atoms with van der Waals surface area (Å²) in [6, 6.07) is 5.39. The lowest BCUT2D eigenvalue weighted by Gasteiger charge is -2.20. The van der Waals surface area contributed by atoms with Crippen LogP contribution < -0.4 is 4.72 Å². The fourth-order valence-corrected chi connectivity index (χ4v) is 4.30. The van der Waals surface area contributed by atoms with Gasteiger partial charge < -0.3 is 4.90 Å². The Morgan fingerprint density at radius 3 is 2.56 bits per heavy atom. The molecule has 0 saturated carbocycles. The Morgan fingerprint density at radius 1 is 1.16 bits per heavy atom. The van der Waals surface area contributed by atoms with Crippen molar-refractivity contribution in [3.8, 4) is 0 Å². The summed E-state index contributed by atoms with van der Waals surface area (Å²) in [6.07, 6.45) is 6.47. The van der Waals surface area contributed by atoms with Gasteiger partial charge in [-0.2, -0.15) is 0 Å². The highest BCUT2D eigenvalue weighted by Gasteiger charge is 2.18. The predicted molar refractivity (Wildman–Crippen MR) is 100 cm³/mol. The van der Waals surface area contributed by atoms with Gasteiger partial charge in [0, 0.05) is 26.1 Å². The van der Waals surface area contributed by atoms with Gasteiger partial charge >= 0.3 is 0 Å². The lowest BCUT2D eigenvalue weighted by molar-refractivity contribution is -0.130. The van der Waals surface area contributed by atoms with Crippen molar-refractivity contribution < 1.29 is 13.2 Å². The Labute approximate surface area is 151 Å². The third-order valence-electron chi connectivity index (χ3n) is 4.78. The minimum atomic E-state index is -3.56. The van der Waals surface area contributed by atoms with Crippen LogP contribution in [0.5, 0.6) is 0 Å². The van der Waals surface area contributed by atoms with Gasteiger partial charge in [0.25, 0.3) is 0 Å². The van der Waals surface area contributed by atoms with Crippen molar-refractivity contribution in [3.05, 3.63) is 29.3 Å². The SMILES string of the molecule is CCCCN(CC)C(=O)CCNS(=O)(=O)c1ccc2c(c1)CCCC2. The van der Waals surface area contributed by atoms with Crippen LogP contribution in [-0.2, 0) is 27.7 Å². The molecule has 1 aliphatic rings. The van der Waals surface area contributed by atoms with Crippen molar-refractivity contribution in [3.63, 3.8) is 0 Å². The van der Waals surface area contributed by atoms with Gasteiger partial charge in [-0.3, -0.25) is 4.79 Å². The normalized spacial score (nSPS) is 14.2. The van der Waals surface area contributed by atoms with Crippen LogP contribution >= 0.6 is 0 Å². The van der Waals surface area contributed by atoms with Crippen LogP contribution in [0.4, 0.5) is 0 Å². The number of amides is 1. The summed E-state index contributed by atoms with van der Waals surface area (Å²) in [6.45, 7) is 5.58. The van der Waals surface area contributed by atoms with Crippen molar-refractivity contribution in [2.24, 2.45) is 0 Å². The molecular formula is C19H30N2O3S. The molecule has 0 radical (unpaired) electrons. The molecule has 5 nitrogen and oxygen atoms in total. The highest BCUT2D eigenvalue weighted by Crippen LogP contribution is 2.24. The smallest absolute Gasteiger partial charge is 0.240 e. The molecule has 0 aromatic heterocycles. The zero-order valence-corrected chi connectivity index (χ0v) is 16.2. The molecule has 1 aliphatic carbocycles. The second kappa shape index (κ2) is 9.34. The molecule has 1 aromatic rings. The zero-order valence-electron chi connectivity index (χ0n) is 15.4. The number of hydrogen-bond acceptors (Lipinski definition) is 3. The lowest BCUT2D eigenvalue weighted by atomic mass is 9.92. The standard InChI is InChI=1S/C19H30N2O3S/c1-3-5-14-21(4-2)19(22)12-13-20-25(23,24)18-11-10-16-8-6-7-9-17(16)15-18/h10-11,15,20H,3-9,12-14H2,1-2H3. The number of nitrogens with zero attached hydrogens (tertiary/aromatic N) is 1. The molecular weight excluding hydrogens is 336 g/mol. The number of nitrogens with one attached hydrogen (secondary N) is 1. The minimum absolute atomic E-state index is 0.00379. The molecule has 0 heterocycles. The van der Waals surface area contributed by atoms with Crippen LogP contribution in [0.3, 0.4) is 0 Å². The van der Waals surface area contributed by atoms with Gasteiger partial charge in [0.15, 0.2) is 0 Å². The third kappa shape index (κ3) is 5.54. The maximum absolute atomic E-state index is 12.5. The van der Waals surface area contributed by atoms with Crippen LogP contribution in [-0.4, -0.2) is 38.9 Å². The van der Waals surface area contributed by atoms with E-state index in [9.17, 15) is 13.2 Å². The molecule has 0 bridgehead atoms. The summed E-state index contributed by atoms with van der Waals surface area (Å²) < 4.78 is 27.5. The minimum Gasteiger partial charge on any atom is -0.343 e. The summed E-state index contributed by atoms with van der Waals surface area (Å²) in [5.41, 5.74) is 2.40. The number of sulfonamides is 1. The molecule has 0 atom stereocenters. The summed E-state index contributed by atoms with van der Waals surface area (Å²) >= 11 is 0. The van der Waals surface area contributed by atoms with Gasteiger partial charge in [-0.25, -0.2) is 13.1 Å². The number of carbonyl (C=O) groups excluding carboxylic acids is 1. The first kappa shape index (κ1) is 19.9. The molecule has 25 heavy (non-hydrogen) atoms. The van der Waals surface area contributed by atoms with Crippen molar-refractivity contribution in [1.29, 1.82) is 0 Å². The molecule has 6 heteroatoms. The third-order valence-corrected chi connectivity index (χ3v) is 6.24. The number of fused-ring (bicyclic) bond motifs is 1. The Kier molecular flexibility index (Phi) is 7.44. The highest BCUT2D eigenvalue weighted by molar-refractivity contribution is 7.89. The summed E-state index contributed by atoms with van der Waals surface area (Å²) in [5, 5.41) is 0. The first-order chi connectivity index (χ1) is 12.0. The number of hydrogen-bond donors (Lipinski definition) is 1. The maximum Gasteiger partial charge on any atom is 0.240 e. The Hall–Kier alpha value is -1.40. The number of aryl methyl sites for hydroxylation is 2. The van der Waals surface area contributed by atoms with Crippen molar-refractivity contribution in [2.75, 3.05) is 19.6 Å². The molecule has 0 spiro atoms. The van der Waals surface area contributed by atoms with Gasteiger partial charge in [0.1, 0.15) is 0 Å². The van der Waals surface area contributed by atoms with E-state index in [1.807, 2.05) is 13.0 Å². The Bertz CT molecular complexity index is 686. The van der Waals surface area contributed by atoms with E-state index in [-0.39, 0.29) is 18.9 Å². The maximum atomic E-state index is 12.5. The van der Waals surface area contributed by atoms with Crippen LogP contribution in [0.2, 0.25) is 0 Å². The molecule has 140 valence electrons. The lowest BCUT2D eigenvalue weighted by Crippen LogP contribution is -2.35. The number of carbonyl (C=O) groups is 1. The molecule has 0 unspecified atom stereocenters. The van der Waals surface area contributed by atoms with Crippen LogP contribution in [0.1, 0.15) is 57.1 Å². The molecule has 1 aromatic carbocycles. The fourth-order valence-electron chi connectivity index (χ4n) is 3.22. The van der Waals surface area contributed by atoms with Gasteiger partial charge in [-0.15, -0.1) is 0 Å². The second-order valence-corrected chi connectivity index (χ2v) is 8.38. The molecule has 1 amide bonds. The van der Waals surface area contributed by atoms with Gasteiger partial charge in [-0.05, 0) is 62.3 Å². The van der Waals surface area contributed by atoms with E-state index >= 15 is 0 Å². The van der Waals surface area contributed by atoms with E-state index < -0.39 is 10.0 Å². The summed E-state index contributed by atoms with van der Waals surface area (Å²) in [4.78, 5) is 14.3. The molecule has 1 N–H and O–H groups in total. The Morgan fingerprint density at radius 2 is 1.88 bits per heavy atom. The van der Waals surface area contributed by atoms with E-state index in [0.29, 0.717) is 11.4 Å². The fraction of sp³-hybridized carbons (Fsp3) is 0.632. The molecule has 0 fully saturated rings. The van der Waals surface area contributed by atoms with Gasteiger partial charge in [0.05, 0.1) is 4.90 Å². The number of rotatable bonds is 9. The second-order valence-electron chi connectivity index (χ2n) is 6.61. The van der Waals surface area contributed by atoms with E-state index in [4.69, 9.17) is 0 Å². The van der Waals surface area contributed by atoms with Crippen molar-refractivity contribution >= 4 is 15.9 Å². The quantitative estimate of drug-likeness (QED) is 0.731. The van der Waals surface area contributed by atoms with E-state index in [1.54, 1.807) is 17.0 Å². The van der Waals surface area contributed by atoms with E-state index in [2.05, 4.69) is 11.6 Å². The first-order valence-corrected chi connectivity index (χ1v) is 10.9. The van der Waals surface area contributed by atoms with Crippen LogP contribution in [0.25, 0.3) is 0 Å². The van der Waals surface area contributed by atoms with Gasteiger partial charge in [-0.1, -0.05) is 19.4 Å². The zero-order chi connectivity index (χ0) is 18.3.